The Balaban J connectivity index is 2.11. The van der Waals surface area contributed by atoms with Gasteiger partial charge in [-0.25, -0.2) is 13.6 Å². The number of nitrogens with one attached hydrogen (secondary N) is 1. The van der Waals surface area contributed by atoms with E-state index < -0.39 is 10.0 Å². The third-order valence-corrected chi connectivity index (χ3v) is 5.28. The van der Waals surface area contributed by atoms with Crippen LogP contribution in [0.15, 0.2) is 29.2 Å². The van der Waals surface area contributed by atoms with Crippen molar-refractivity contribution >= 4 is 33.0 Å². The molecule has 0 atom stereocenters. The van der Waals surface area contributed by atoms with Crippen LogP contribution in [0.25, 0.3) is 0 Å². The van der Waals surface area contributed by atoms with Gasteiger partial charge >= 0.3 is 0 Å². The van der Waals surface area contributed by atoms with Crippen molar-refractivity contribution < 1.29 is 8.42 Å². The first kappa shape index (κ1) is 18.1. The van der Waals surface area contributed by atoms with Crippen molar-refractivity contribution in [1.82, 2.24) is 5.32 Å². The molecule has 23 heavy (non-hydrogen) atoms. The molecule has 0 amide bonds. The van der Waals surface area contributed by atoms with Crippen LogP contribution in [0.3, 0.4) is 0 Å². The lowest BCUT2D eigenvalue weighted by molar-refractivity contribution is 0.413. The van der Waals surface area contributed by atoms with Gasteiger partial charge in [0.25, 0.3) is 0 Å². The van der Waals surface area contributed by atoms with Crippen LogP contribution in [0, 0.1) is 0 Å². The van der Waals surface area contributed by atoms with Gasteiger partial charge in [-0.15, -0.1) is 0 Å². The predicted octanol–water partition coefficient (Wildman–Crippen LogP) is 1.31. The molecule has 1 aliphatic carbocycles. The van der Waals surface area contributed by atoms with Crippen LogP contribution in [0.2, 0.25) is 0 Å². The van der Waals surface area contributed by atoms with Crippen LogP contribution < -0.4 is 21.1 Å². The van der Waals surface area contributed by atoms with Gasteiger partial charge in [0.15, 0.2) is 5.11 Å². The van der Waals surface area contributed by atoms with E-state index in [0.717, 1.165) is 18.5 Å². The molecular weight excluding hydrogens is 332 g/mol. The molecular formula is C15H24N4O2S2. The molecule has 1 aromatic carbocycles. The van der Waals surface area contributed by atoms with Crippen molar-refractivity contribution in [2.24, 2.45) is 10.9 Å². The molecule has 1 saturated carbocycles. The number of hydrogen-bond donors (Lipinski definition) is 3. The molecule has 6 nitrogen and oxygen atoms in total. The summed E-state index contributed by atoms with van der Waals surface area (Å²) in [5.41, 5.74) is 6.49. The van der Waals surface area contributed by atoms with E-state index in [9.17, 15) is 8.42 Å². The van der Waals surface area contributed by atoms with Gasteiger partial charge in [0.2, 0.25) is 10.0 Å². The van der Waals surface area contributed by atoms with Crippen LogP contribution in [0.5, 0.6) is 0 Å². The van der Waals surface area contributed by atoms with Gasteiger partial charge in [-0.1, -0.05) is 19.3 Å². The molecule has 8 heteroatoms. The molecule has 1 aliphatic rings. The highest BCUT2D eigenvalue weighted by molar-refractivity contribution is 7.89. The van der Waals surface area contributed by atoms with Gasteiger partial charge in [-0.3, -0.25) is 0 Å². The lowest BCUT2D eigenvalue weighted by Crippen LogP contribution is -2.47. The topological polar surface area (TPSA) is 101 Å². The number of thiocarbonyl (C=S) groups is 1. The number of hydrogen-bond acceptors (Lipinski definition) is 4. The summed E-state index contributed by atoms with van der Waals surface area (Å²) in [6.07, 6.45) is 5.98. The van der Waals surface area contributed by atoms with Crippen LogP contribution in [-0.2, 0) is 10.0 Å². The molecule has 128 valence electrons. The molecule has 5 N–H and O–H groups in total. The predicted molar refractivity (Wildman–Crippen MR) is 96.8 cm³/mol. The average Bonchev–Trinajstić information content (AvgIpc) is 2.53. The molecule has 0 bridgehead atoms. The zero-order valence-corrected chi connectivity index (χ0v) is 14.7. The normalized spacial score (nSPS) is 16.1. The number of benzene rings is 1. The van der Waals surface area contributed by atoms with E-state index in [1.165, 1.54) is 31.4 Å². The Morgan fingerprint density at radius 1 is 1.22 bits per heavy atom. The first-order chi connectivity index (χ1) is 10.9. The summed E-state index contributed by atoms with van der Waals surface area (Å²) in [7, 11) is -3.69. The van der Waals surface area contributed by atoms with Crippen LogP contribution in [0.4, 0.5) is 5.69 Å². The fraction of sp³-hybridized carbons (Fsp3) is 0.533. The molecule has 0 heterocycles. The van der Waals surface area contributed by atoms with Crippen LogP contribution >= 0.6 is 12.2 Å². The standard InChI is InChI=1S/C15H24N4O2S2/c16-10-11-19(15(22)18-12-4-2-1-3-5-12)13-6-8-14(9-7-13)23(17,20)21/h6-9,12H,1-5,10-11,16H2,(H,18,22)(H2,17,20,21). The first-order valence-corrected chi connectivity index (χ1v) is 9.78. The molecule has 1 fully saturated rings. The molecule has 1 aromatic rings. The van der Waals surface area contributed by atoms with E-state index in [2.05, 4.69) is 5.32 Å². The zero-order valence-electron chi connectivity index (χ0n) is 13.1. The number of primary sulfonamides is 1. The van der Waals surface area contributed by atoms with Crippen molar-refractivity contribution in [2.45, 2.75) is 43.0 Å². The van der Waals surface area contributed by atoms with E-state index in [4.69, 9.17) is 23.1 Å². The van der Waals surface area contributed by atoms with Crippen molar-refractivity contribution in [1.29, 1.82) is 0 Å². The largest absolute Gasteiger partial charge is 0.360 e. The smallest absolute Gasteiger partial charge is 0.238 e. The van der Waals surface area contributed by atoms with Crippen LogP contribution in [0.1, 0.15) is 32.1 Å². The summed E-state index contributed by atoms with van der Waals surface area (Å²) in [6, 6.07) is 6.77. The molecule has 0 aromatic heterocycles. The van der Waals surface area contributed by atoms with Crippen molar-refractivity contribution in [2.75, 3.05) is 18.0 Å². The fourth-order valence-corrected chi connectivity index (χ4v) is 3.67. The first-order valence-electron chi connectivity index (χ1n) is 7.83. The van der Waals surface area contributed by atoms with Crippen molar-refractivity contribution in [3.63, 3.8) is 0 Å². The minimum atomic E-state index is -3.69. The maximum atomic E-state index is 11.3. The van der Waals surface area contributed by atoms with Crippen molar-refractivity contribution in [3.05, 3.63) is 24.3 Å². The number of nitrogens with two attached hydrogens (primary N) is 2. The average molecular weight is 357 g/mol. The fourth-order valence-electron chi connectivity index (χ4n) is 2.79. The highest BCUT2D eigenvalue weighted by Gasteiger charge is 2.18. The molecule has 0 unspecified atom stereocenters. The van der Waals surface area contributed by atoms with E-state index in [1.54, 1.807) is 12.1 Å². The number of sulfonamides is 1. The van der Waals surface area contributed by atoms with Gasteiger partial charge in [0.05, 0.1) is 4.90 Å². The number of rotatable bonds is 5. The second-order valence-corrected chi connectivity index (χ2v) is 7.71. The van der Waals surface area contributed by atoms with Gasteiger partial charge in [-0.2, -0.15) is 0 Å². The monoisotopic (exact) mass is 356 g/mol. The summed E-state index contributed by atoms with van der Waals surface area (Å²) in [5.74, 6) is 0. The SMILES string of the molecule is NCCN(C(=S)NC1CCCCC1)c1ccc(S(N)(=O)=O)cc1. The molecule has 0 radical (unpaired) electrons. The summed E-state index contributed by atoms with van der Waals surface area (Å²) >= 11 is 5.53. The summed E-state index contributed by atoms with van der Waals surface area (Å²) in [4.78, 5) is 1.98. The van der Waals surface area contributed by atoms with E-state index in [-0.39, 0.29) is 4.90 Å². The minimum Gasteiger partial charge on any atom is -0.360 e. The zero-order chi connectivity index (χ0) is 16.9. The van der Waals surface area contributed by atoms with E-state index >= 15 is 0 Å². The van der Waals surface area contributed by atoms with Gasteiger partial charge in [-0.05, 0) is 49.3 Å². The lowest BCUT2D eigenvalue weighted by Gasteiger charge is -2.30. The summed E-state index contributed by atoms with van der Waals surface area (Å²) in [5, 5.41) is 9.16. The maximum absolute atomic E-state index is 11.3. The van der Waals surface area contributed by atoms with Crippen molar-refractivity contribution in [3.8, 4) is 0 Å². The highest BCUT2D eigenvalue weighted by Crippen LogP contribution is 2.20. The third kappa shape index (κ3) is 5.13. The Morgan fingerprint density at radius 2 is 1.83 bits per heavy atom. The Labute approximate surface area is 143 Å². The summed E-state index contributed by atoms with van der Waals surface area (Å²) < 4.78 is 22.7. The highest BCUT2D eigenvalue weighted by atomic mass is 32.2. The summed E-state index contributed by atoms with van der Waals surface area (Å²) in [6.45, 7) is 1.01. The Bertz CT molecular complexity index is 625. The second-order valence-electron chi connectivity index (χ2n) is 5.76. The van der Waals surface area contributed by atoms with Gasteiger partial charge < -0.3 is 16.0 Å². The van der Waals surface area contributed by atoms with E-state index in [1.807, 2.05) is 4.90 Å². The van der Waals surface area contributed by atoms with Gasteiger partial charge in [0, 0.05) is 24.8 Å². The molecule has 2 rings (SSSR count). The lowest BCUT2D eigenvalue weighted by atomic mass is 9.96. The Morgan fingerprint density at radius 3 is 2.35 bits per heavy atom. The Hall–Kier alpha value is -1.22. The number of nitrogens with zero attached hydrogens (tertiary/aromatic N) is 1. The molecule has 0 aliphatic heterocycles. The van der Waals surface area contributed by atoms with E-state index in [0.29, 0.717) is 24.2 Å². The minimum absolute atomic E-state index is 0.0834. The van der Waals surface area contributed by atoms with Crippen LogP contribution in [-0.4, -0.2) is 32.7 Å². The Kier molecular flexibility index (Phi) is 6.34. The van der Waals surface area contributed by atoms with Gasteiger partial charge in [0.1, 0.15) is 0 Å². The molecule has 0 saturated heterocycles. The third-order valence-electron chi connectivity index (χ3n) is 4.01. The number of anilines is 1. The molecule has 0 spiro atoms. The maximum Gasteiger partial charge on any atom is 0.238 e. The quantitative estimate of drug-likeness (QED) is 0.688. The second kappa shape index (κ2) is 8.05.